The van der Waals surface area contributed by atoms with Crippen LogP contribution in [0.4, 0.5) is 0 Å². The highest BCUT2D eigenvalue weighted by Gasteiger charge is 2.03. The first-order chi connectivity index (χ1) is 7.74. The van der Waals surface area contributed by atoms with Crippen molar-refractivity contribution in [3.05, 3.63) is 34.2 Å². The molecule has 0 aliphatic heterocycles. The van der Waals surface area contributed by atoms with Crippen molar-refractivity contribution >= 4 is 5.91 Å². The Hall–Kier alpha value is -2.02. The van der Waals surface area contributed by atoms with Crippen molar-refractivity contribution in [3.8, 4) is 12.3 Å². The van der Waals surface area contributed by atoms with Crippen LogP contribution in [0.25, 0.3) is 0 Å². The van der Waals surface area contributed by atoms with Gasteiger partial charge in [-0.25, -0.2) is 0 Å². The number of unbranched alkanes of at least 4 members (excludes halogenated alkanes) is 2. The number of amides is 1. The van der Waals surface area contributed by atoms with Crippen LogP contribution in [0, 0.1) is 12.3 Å². The Balaban J connectivity index is 2.36. The Morgan fingerprint density at radius 3 is 3.00 bits per heavy atom. The fourth-order valence-corrected chi connectivity index (χ4v) is 1.24. The van der Waals surface area contributed by atoms with Gasteiger partial charge in [0.25, 0.3) is 5.91 Å². The van der Waals surface area contributed by atoms with Crippen molar-refractivity contribution in [3.63, 3.8) is 0 Å². The third-order valence-corrected chi connectivity index (χ3v) is 2.07. The lowest BCUT2D eigenvalue weighted by atomic mass is 10.2. The highest BCUT2D eigenvalue weighted by molar-refractivity contribution is 5.93. The van der Waals surface area contributed by atoms with Gasteiger partial charge in [-0.3, -0.25) is 9.59 Å². The minimum Gasteiger partial charge on any atom is -0.352 e. The van der Waals surface area contributed by atoms with E-state index in [1.807, 2.05) is 0 Å². The highest BCUT2D eigenvalue weighted by Crippen LogP contribution is 1.95. The molecule has 0 radical (unpaired) electrons. The lowest BCUT2D eigenvalue weighted by molar-refractivity contribution is 0.0953. The van der Waals surface area contributed by atoms with Crippen LogP contribution in [0.3, 0.4) is 0 Å². The van der Waals surface area contributed by atoms with Crippen molar-refractivity contribution in [2.75, 3.05) is 6.54 Å². The van der Waals surface area contributed by atoms with Crippen LogP contribution in [-0.4, -0.2) is 17.4 Å². The van der Waals surface area contributed by atoms with Crippen LogP contribution >= 0.6 is 0 Å². The molecule has 84 valence electrons. The van der Waals surface area contributed by atoms with Gasteiger partial charge in [-0.1, -0.05) is 0 Å². The summed E-state index contributed by atoms with van der Waals surface area (Å²) >= 11 is 0. The second-order valence-corrected chi connectivity index (χ2v) is 3.36. The Morgan fingerprint density at radius 1 is 1.50 bits per heavy atom. The van der Waals surface area contributed by atoms with Crippen molar-refractivity contribution in [2.24, 2.45) is 0 Å². The second kappa shape index (κ2) is 6.46. The molecule has 0 unspecified atom stereocenters. The molecule has 1 amide bonds. The molecule has 0 atom stereocenters. The molecule has 0 saturated carbocycles. The number of aromatic nitrogens is 1. The van der Waals surface area contributed by atoms with E-state index in [1.54, 1.807) is 6.07 Å². The molecule has 4 nitrogen and oxygen atoms in total. The Kier molecular flexibility index (Phi) is 4.87. The van der Waals surface area contributed by atoms with E-state index < -0.39 is 0 Å². The monoisotopic (exact) mass is 218 g/mol. The molecule has 1 heterocycles. The molecule has 0 aliphatic carbocycles. The van der Waals surface area contributed by atoms with E-state index in [4.69, 9.17) is 6.42 Å². The zero-order valence-electron chi connectivity index (χ0n) is 8.95. The maximum absolute atomic E-state index is 11.5. The minimum absolute atomic E-state index is 0.230. The van der Waals surface area contributed by atoms with E-state index in [2.05, 4.69) is 16.2 Å². The molecule has 1 aromatic rings. The summed E-state index contributed by atoms with van der Waals surface area (Å²) in [6.07, 6.45) is 9.02. The van der Waals surface area contributed by atoms with Gasteiger partial charge in [0.1, 0.15) is 0 Å². The molecule has 0 aliphatic rings. The highest BCUT2D eigenvalue weighted by atomic mass is 16.2. The van der Waals surface area contributed by atoms with Gasteiger partial charge < -0.3 is 10.3 Å². The first-order valence-electron chi connectivity index (χ1n) is 5.14. The second-order valence-electron chi connectivity index (χ2n) is 3.36. The van der Waals surface area contributed by atoms with Gasteiger partial charge in [0.15, 0.2) is 0 Å². The van der Waals surface area contributed by atoms with Crippen molar-refractivity contribution < 1.29 is 4.79 Å². The van der Waals surface area contributed by atoms with Crippen LogP contribution in [-0.2, 0) is 0 Å². The summed E-state index contributed by atoms with van der Waals surface area (Å²) in [6.45, 7) is 0.577. The first-order valence-corrected chi connectivity index (χ1v) is 5.14. The summed E-state index contributed by atoms with van der Waals surface area (Å²) in [6, 6.07) is 2.84. The summed E-state index contributed by atoms with van der Waals surface area (Å²) in [5.74, 6) is 2.31. The maximum atomic E-state index is 11.5. The van der Waals surface area contributed by atoms with Gasteiger partial charge in [-0.05, 0) is 18.9 Å². The number of rotatable bonds is 5. The quantitative estimate of drug-likeness (QED) is 0.570. The lowest BCUT2D eigenvalue weighted by Gasteiger charge is -2.03. The summed E-state index contributed by atoms with van der Waals surface area (Å²) in [5.41, 5.74) is 0.0979. The third-order valence-electron chi connectivity index (χ3n) is 2.07. The number of nitrogens with one attached hydrogen (secondary N) is 2. The number of terminal acetylenes is 1. The number of pyridine rings is 1. The Morgan fingerprint density at radius 2 is 2.31 bits per heavy atom. The van der Waals surface area contributed by atoms with E-state index in [0.717, 1.165) is 19.3 Å². The maximum Gasteiger partial charge on any atom is 0.251 e. The molecule has 0 bridgehead atoms. The molecule has 0 fully saturated rings. The smallest absolute Gasteiger partial charge is 0.251 e. The van der Waals surface area contributed by atoms with Crippen molar-refractivity contribution in [2.45, 2.75) is 19.3 Å². The lowest BCUT2D eigenvalue weighted by Crippen LogP contribution is -2.25. The van der Waals surface area contributed by atoms with Crippen molar-refractivity contribution in [1.82, 2.24) is 10.3 Å². The first kappa shape index (κ1) is 12.1. The molecular weight excluding hydrogens is 204 g/mol. The van der Waals surface area contributed by atoms with E-state index in [1.165, 1.54) is 12.3 Å². The van der Waals surface area contributed by atoms with Gasteiger partial charge in [-0.15, -0.1) is 12.3 Å². The molecule has 0 aromatic carbocycles. The van der Waals surface area contributed by atoms with E-state index in [9.17, 15) is 9.59 Å². The van der Waals surface area contributed by atoms with Gasteiger partial charge in [0.05, 0.1) is 0 Å². The largest absolute Gasteiger partial charge is 0.352 e. The third kappa shape index (κ3) is 4.01. The standard InChI is InChI=1S/C12H14N2O2/c1-2-3-4-5-7-14-12(16)10-6-8-13-11(15)9-10/h1,6,8-9H,3-5,7H2,(H,13,15)(H,14,16). The number of H-pyrrole nitrogens is 1. The molecule has 1 rings (SSSR count). The van der Waals surface area contributed by atoms with Gasteiger partial charge in [0.2, 0.25) is 5.56 Å². The average Bonchev–Trinajstić information content (AvgIpc) is 2.28. The Bertz CT molecular complexity index is 443. The molecular formula is C12H14N2O2. The predicted molar refractivity (Wildman–Crippen MR) is 62.1 cm³/mol. The SMILES string of the molecule is C#CCCCCNC(=O)c1cc[nH]c(=O)c1. The molecule has 0 spiro atoms. The topological polar surface area (TPSA) is 62.0 Å². The number of carbonyl (C=O) groups excluding carboxylic acids is 1. The molecule has 0 saturated heterocycles. The molecule has 1 aromatic heterocycles. The number of hydrogen-bond donors (Lipinski definition) is 2. The molecule has 4 heteroatoms. The van der Waals surface area contributed by atoms with Crippen molar-refractivity contribution in [1.29, 1.82) is 0 Å². The van der Waals surface area contributed by atoms with Crippen LogP contribution in [0.5, 0.6) is 0 Å². The van der Waals surface area contributed by atoms with E-state index in [0.29, 0.717) is 12.1 Å². The van der Waals surface area contributed by atoms with Gasteiger partial charge >= 0.3 is 0 Å². The zero-order chi connectivity index (χ0) is 11.8. The summed E-state index contributed by atoms with van der Waals surface area (Å²) in [7, 11) is 0. The number of carbonyl (C=O) groups is 1. The minimum atomic E-state index is -0.278. The summed E-state index contributed by atoms with van der Waals surface area (Å²) < 4.78 is 0. The molecule has 2 N–H and O–H groups in total. The van der Waals surface area contributed by atoms with Crippen LogP contribution in [0.1, 0.15) is 29.6 Å². The van der Waals surface area contributed by atoms with Gasteiger partial charge in [-0.2, -0.15) is 0 Å². The van der Waals surface area contributed by atoms with Crippen LogP contribution < -0.4 is 10.9 Å². The summed E-state index contributed by atoms with van der Waals surface area (Å²) in [4.78, 5) is 24.9. The fraction of sp³-hybridized carbons (Fsp3) is 0.333. The normalized spacial score (nSPS) is 9.44. The number of hydrogen-bond acceptors (Lipinski definition) is 2. The van der Waals surface area contributed by atoms with E-state index >= 15 is 0 Å². The van der Waals surface area contributed by atoms with E-state index in [-0.39, 0.29) is 11.5 Å². The Labute approximate surface area is 94.1 Å². The summed E-state index contributed by atoms with van der Waals surface area (Å²) in [5, 5.41) is 2.72. The predicted octanol–water partition coefficient (Wildman–Crippen LogP) is 0.908. The fourth-order valence-electron chi connectivity index (χ4n) is 1.24. The van der Waals surface area contributed by atoms with Gasteiger partial charge in [0, 0.05) is 30.8 Å². The number of aromatic amines is 1. The molecule has 16 heavy (non-hydrogen) atoms. The van der Waals surface area contributed by atoms with Crippen LogP contribution in [0.2, 0.25) is 0 Å². The zero-order valence-corrected chi connectivity index (χ0v) is 8.95. The average molecular weight is 218 g/mol. The van der Waals surface area contributed by atoms with Crippen LogP contribution in [0.15, 0.2) is 23.1 Å².